The number of nitriles is 1. The van der Waals surface area contributed by atoms with Gasteiger partial charge in [0, 0.05) is 11.3 Å². The smallest absolute Gasteiger partial charge is 0.270 e. The molecule has 1 amide bonds. The van der Waals surface area contributed by atoms with Crippen LogP contribution in [0.5, 0.6) is 0 Å². The number of aryl methyl sites for hydroxylation is 1. The maximum Gasteiger partial charge on any atom is 0.270 e. The molecular weight excluding hydrogens is 384 g/mol. The number of benzene rings is 2. The van der Waals surface area contributed by atoms with E-state index in [1.54, 1.807) is 19.1 Å². The number of rotatable bonds is 6. The highest BCUT2D eigenvalue weighted by Crippen LogP contribution is 2.25. The minimum Gasteiger partial charge on any atom is -0.325 e. The number of hydrogen-bond donors (Lipinski definition) is 2. The SMILES string of the molecule is CCc1ccc(NC(=O)[C@H](C)Sc2nc(-c3ccccc3)c(C#N)c(=O)[nH]2)cc1. The summed E-state index contributed by atoms with van der Waals surface area (Å²) in [6.07, 6.45) is 0.932. The molecule has 6 nitrogen and oxygen atoms in total. The Labute approximate surface area is 173 Å². The first kappa shape index (κ1) is 20.4. The summed E-state index contributed by atoms with van der Waals surface area (Å²) in [7, 11) is 0. The molecule has 0 spiro atoms. The molecule has 0 aliphatic carbocycles. The quantitative estimate of drug-likeness (QED) is 0.478. The Kier molecular flexibility index (Phi) is 6.47. The minimum absolute atomic E-state index is 0.0475. The molecule has 1 atom stereocenters. The summed E-state index contributed by atoms with van der Waals surface area (Å²) in [5.41, 5.74) is 2.32. The summed E-state index contributed by atoms with van der Waals surface area (Å²) < 4.78 is 0. The van der Waals surface area contributed by atoms with Crippen LogP contribution in [0.4, 0.5) is 5.69 Å². The molecule has 0 aliphatic heterocycles. The van der Waals surface area contributed by atoms with Crippen LogP contribution in [0.25, 0.3) is 11.3 Å². The molecule has 3 rings (SSSR count). The van der Waals surface area contributed by atoms with Crippen molar-refractivity contribution in [1.82, 2.24) is 9.97 Å². The first-order chi connectivity index (χ1) is 14.0. The van der Waals surface area contributed by atoms with Gasteiger partial charge in [-0.15, -0.1) is 0 Å². The van der Waals surface area contributed by atoms with Crippen molar-refractivity contribution in [2.24, 2.45) is 0 Å². The van der Waals surface area contributed by atoms with Gasteiger partial charge in [-0.1, -0.05) is 61.2 Å². The number of anilines is 1. The van der Waals surface area contributed by atoms with E-state index < -0.39 is 10.8 Å². The minimum atomic E-state index is -0.522. The summed E-state index contributed by atoms with van der Waals surface area (Å²) in [4.78, 5) is 31.9. The predicted molar refractivity (Wildman–Crippen MR) is 115 cm³/mol. The fraction of sp³-hybridized carbons (Fsp3) is 0.182. The Morgan fingerprint density at radius 3 is 2.52 bits per heavy atom. The van der Waals surface area contributed by atoms with Gasteiger partial charge in [-0.2, -0.15) is 5.26 Å². The van der Waals surface area contributed by atoms with Gasteiger partial charge in [0.05, 0.1) is 10.9 Å². The molecule has 0 unspecified atom stereocenters. The number of carbonyl (C=O) groups excluding carboxylic acids is 1. The molecule has 1 heterocycles. The van der Waals surface area contributed by atoms with Crippen molar-refractivity contribution < 1.29 is 4.79 Å². The van der Waals surface area contributed by atoms with Crippen LogP contribution in [-0.4, -0.2) is 21.1 Å². The molecule has 0 aliphatic rings. The highest BCUT2D eigenvalue weighted by molar-refractivity contribution is 8.00. The molecule has 2 aromatic carbocycles. The van der Waals surface area contributed by atoms with Crippen molar-refractivity contribution in [1.29, 1.82) is 5.26 Å². The third-order valence-electron chi connectivity index (χ3n) is 4.34. The fourth-order valence-electron chi connectivity index (χ4n) is 2.71. The lowest BCUT2D eigenvalue weighted by molar-refractivity contribution is -0.115. The van der Waals surface area contributed by atoms with Gasteiger partial charge in [-0.3, -0.25) is 9.59 Å². The Balaban J connectivity index is 1.80. The molecule has 1 aromatic heterocycles. The lowest BCUT2D eigenvalue weighted by Gasteiger charge is -2.13. The van der Waals surface area contributed by atoms with Crippen molar-refractivity contribution >= 4 is 23.4 Å². The molecule has 29 heavy (non-hydrogen) atoms. The van der Waals surface area contributed by atoms with Crippen molar-refractivity contribution in [2.45, 2.75) is 30.7 Å². The van der Waals surface area contributed by atoms with Gasteiger partial charge in [0.25, 0.3) is 5.56 Å². The molecule has 0 saturated heterocycles. The number of aromatic nitrogens is 2. The van der Waals surface area contributed by atoms with Crippen LogP contribution in [0.15, 0.2) is 64.5 Å². The molecular formula is C22H20N4O2S. The molecule has 7 heteroatoms. The van der Waals surface area contributed by atoms with E-state index in [-0.39, 0.29) is 16.6 Å². The van der Waals surface area contributed by atoms with Gasteiger partial charge in [-0.25, -0.2) is 4.98 Å². The van der Waals surface area contributed by atoms with Gasteiger partial charge >= 0.3 is 0 Å². The molecule has 3 aromatic rings. The van der Waals surface area contributed by atoms with Crippen molar-refractivity contribution in [3.05, 3.63) is 76.1 Å². The van der Waals surface area contributed by atoms with E-state index in [1.165, 1.54) is 5.56 Å². The first-order valence-corrected chi connectivity index (χ1v) is 10.1. The number of thioether (sulfide) groups is 1. The van der Waals surface area contributed by atoms with Crippen LogP contribution >= 0.6 is 11.8 Å². The third-order valence-corrected chi connectivity index (χ3v) is 5.33. The maximum absolute atomic E-state index is 12.5. The Bertz CT molecular complexity index is 1100. The number of H-pyrrole nitrogens is 1. The second kappa shape index (κ2) is 9.22. The molecule has 0 saturated carbocycles. The zero-order valence-electron chi connectivity index (χ0n) is 16.1. The van der Waals surface area contributed by atoms with E-state index in [0.29, 0.717) is 16.9 Å². The normalized spacial score (nSPS) is 11.5. The lowest BCUT2D eigenvalue weighted by atomic mass is 10.1. The fourth-order valence-corrected chi connectivity index (χ4v) is 3.50. The summed E-state index contributed by atoms with van der Waals surface area (Å²) >= 11 is 1.13. The van der Waals surface area contributed by atoms with E-state index in [2.05, 4.69) is 22.2 Å². The maximum atomic E-state index is 12.5. The van der Waals surface area contributed by atoms with Gasteiger partial charge in [-0.05, 0) is 31.0 Å². The molecule has 0 bridgehead atoms. The summed E-state index contributed by atoms with van der Waals surface area (Å²) in [5, 5.41) is 12.0. The van der Waals surface area contributed by atoms with Crippen LogP contribution in [0.3, 0.4) is 0 Å². The largest absolute Gasteiger partial charge is 0.325 e. The first-order valence-electron chi connectivity index (χ1n) is 9.18. The van der Waals surface area contributed by atoms with E-state index in [4.69, 9.17) is 0 Å². The third kappa shape index (κ3) is 4.92. The predicted octanol–water partition coefficient (Wildman–Crippen LogP) is 3.99. The van der Waals surface area contributed by atoms with Crippen molar-refractivity contribution in [2.75, 3.05) is 5.32 Å². The number of aromatic amines is 1. The number of amides is 1. The topological polar surface area (TPSA) is 98.6 Å². The number of hydrogen-bond acceptors (Lipinski definition) is 5. The number of nitrogens with zero attached hydrogens (tertiary/aromatic N) is 2. The van der Waals surface area contributed by atoms with Crippen LogP contribution in [-0.2, 0) is 11.2 Å². The highest BCUT2D eigenvalue weighted by atomic mass is 32.2. The van der Waals surface area contributed by atoms with Crippen molar-refractivity contribution in [3.63, 3.8) is 0 Å². The highest BCUT2D eigenvalue weighted by Gasteiger charge is 2.19. The monoisotopic (exact) mass is 404 g/mol. The summed E-state index contributed by atoms with van der Waals surface area (Å²) in [6.45, 7) is 3.81. The molecule has 2 N–H and O–H groups in total. The van der Waals surface area contributed by atoms with Crippen LogP contribution < -0.4 is 10.9 Å². The molecule has 0 fully saturated rings. The second-order valence-electron chi connectivity index (χ2n) is 6.37. The standard InChI is InChI=1S/C22H20N4O2S/c1-3-15-9-11-17(12-10-15)24-20(27)14(2)29-22-25-19(16-7-5-4-6-8-16)18(13-23)21(28)26-22/h4-12,14H,3H2,1-2H3,(H,24,27)(H,25,26,28)/t14-/m0/s1. The van der Waals surface area contributed by atoms with E-state index in [1.807, 2.05) is 48.5 Å². The van der Waals surface area contributed by atoms with E-state index in [0.717, 1.165) is 18.2 Å². The van der Waals surface area contributed by atoms with Gasteiger partial charge in [0.1, 0.15) is 11.6 Å². The Morgan fingerprint density at radius 1 is 1.21 bits per heavy atom. The zero-order valence-corrected chi connectivity index (χ0v) is 16.9. The van der Waals surface area contributed by atoms with Gasteiger partial charge in [0.2, 0.25) is 5.91 Å². The lowest BCUT2D eigenvalue weighted by Crippen LogP contribution is -2.23. The van der Waals surface area contributed by atoms with Crippen LogP contribution in [0, 0.1) is 11.3 Å². The van der Waals surface area contributed by atoms with Crippen molar-refractivity contribution in [3.8, 4) is 17.3 Å². The average Bonchev–Trinajstić information content (AvgIpc) is 2.74. The Morgan fingerprint density at radius 2 is 1.90 bits per heavy atom. The zero-order chi connectivity index (χ0) is 20.8. The Hall–Kier alpha value is -3.37. The van der Waals surface area contributed by atoms with Gasteiger partial charge < -0.3 is 10.3 Å². The van der Waals surface area contributed by atoms with E-state index in [9.17, 15) is 14.9 Å². The summed E-state index contributed by atoms with van der Waals surface area (Å²) in [6, 6.07) is 18.6. The molecule has 0 radical (unpaired) electrons. The summed E-state index contributed by atoms with van der Waals surface area (Å²) in [5.74, 6) is -0.201. The second-order valence-corrected chi connectivity index (χ2v) is 7.70. The number of carbonyl (C=O) groups is 1. The molecule has 146 valence electrons. The van der Waals surface area contributed by atoms with Gasteiger partial charge in [0.15, 0.2) is 5.16 Å². The van der Waals surface area contributed by atoms with E-state index >= 15 is 0 Å². The van der Waals surface area contributed by atoms with Crippen LogP contribution in [0.1, 0.15) is 25.0 Å². The number of nitrogens with one attached hydrogen (secondary N) is 2. The average molecular weight is 404 g/mol. The van der Waals surface area contributed by atoms with Crippen LogP contribution in [0.2, 0.25) is 0 Å².